The van der Waals surface area contributed by atoms with Gasteiger partial charge in [-0.1, -0.05) is 42.0 Å². The molecule has 0 amide bonds. The summed E-state index contributed by atoms with van der Waals surface area (Å²) < 4.78 is 3.37. The molecular formula is C21H16ClN7O3. The Morgan fingerprint density at radius 3 is 2.28 bits per heavy atom. The molecule has 11 heteroatoms. The normalized spacial score (nSPS) is 17.3. The zero-order valence-electron chi connectivity index (χ0n) is 16.7. The van der Waals surface area contributed by atoms with Crippen LogP contribution in [-0.2, 0) is 4.79 Å². The van der Waals surface area contributed by atoms with Gasteiger partial charge in [-0.05, 0) is 48.5 Å². The number of aromatic nitrogens is 7. The van der Waals surface area contributed by atoms with Crippen LogP contribution in [-0.4, -0.2) is 39.9 Å². The van der Waals surface area contributed by atoms with Crippen molar-refractivity contribution in [2.24, 2.45) is 0 Å². The zero-order valence-corrected chi connectivity index (χ0v) is 17.5. The molecule has 160 valence electrons. The fraction of sp³-hybridized carbons (Fsp3) is 0.143. The molecule has 3 heterocycles. The summed E-state index contributed by atoms with van der Waals surface area (Å²) in [7, 11) is 0. The smallest absolute Gasteiger partial charge is 0.297 e. The summed E-state index contributed by atoms with van der Waals surface area (Å²) in [5.41, 5.74) is -0.206. The molecule has 2 atom stereocenters. The van der Waals surface area contributed by atoms with Crippen LogP contribution < -0.4 is 11.4 Å². The van der Waals surface area contributed by atoms with Crippen LogP contribution in [0.1, 0.15) is 24.8 Å². The molecule has 0 unspecified atom stereocenters. The second-order valence-electron chi connectivity index (χ2n) is 7.22. The monoisotopic (exact) mass is 449 g/mol. The summed E-state index contributed by atoms with van der Waals surface area (Å²) in [5, 5.41) is 13.1. The number of rotatable bonds is 4. The van der Waals surface area contributed by atoms with Crippen molar-refractivity contribution in [3.63, 3.8) is 0 Å². The number of Topliss-reactive ketones (excluding diaryl/α,β-unsaturated/α-hetero) is 1. The van der Waals surface area contributed by atoms with Crippen molar-refractivity contribution >= 4 is 17.4 Å². The second kappa shape index (κ2) is 7.57. The van der Waals surface area contributed by atoms with Crippen LogP contribution in [0.15, 0.2) is 76.3 Å². The average molecular weight is 450 g/mol. The Kier molecular flexibility index (Phi) is 4.71. The Morgan fingerprint density at radius 2 is 1.59 bits per heavy atom. The highest BCUT2D eigenvalue weighted by Gasteiger charge is 2.34. The molecule has 2 aromatic heterocycles. The number of carbonyl (C=O) groups excluding carboxylic acids is 1. The van der Waals surface area contributed by atoms with Gasteiger partial charge in [0.1, 0.15) is 12.1 Å². The van der Waals surface area contributed by atoms with Crippen LogP contribution in [0.4, 0.5) is 0 Å². The highest BCUT2D eigenvalue weighted by atomic mass is 35.5. The number of carbonyl (C=O) groups is 1. The van der Waals surface area contributed by atoms with E-state index in [2.05, 4.69) is 15.4 Å². The molecule has 5 rings (SSSR count). The van der Waals surface area contributed by atoms with Crippen molar-refractivity contribution < 1.29 is 4.79 Å². The highest BCUT2D eigenvalue weighted by molar-refractivity contribution is 6.30. The Morgan fingerprint density at radius 1 is 0.906 bits per heavy atom. The third-order valence-electron chi connectivity index (χ3n) is 5.19. The fourth-order valence-electron chi connectivity index (χ4n) is 3.68. The number of allylic oxidation sites excluding steroid dienone is 2. The summed E-state index contributed by atoms with van der Waals surface area (Å²) in [6.07, 6.45) is 3.21. The van der Waals surface area contributed by atoms with E-state index < -0.39 is 23.5 Å². The van der Waals surface area contributed by atoms with E-state index in [-0.39, 0.29) is 11.6 Å². The summed E-state index contributed by atoms with van der Waals surface area (Å²) in [6, 6.07) is 13.6. The van der Waals surface area contributed by atoms with Crippen LogP contribution in [0.5, 0.6) is 0 Å². The molecule has 0 fully saturated rings. The minimum absolute atomic E-state index is 0.194. The first-order valence-corrected chi connectivity index (χ1v) is 10.1. The summed E-state index contributed by atoms with van der Waals surface area (Å²) in [5.74, 6) is -0.0854. The Labute approximate surface area is 185 Å². The van der Waals surface area contributed by atoms with E-state index in [9.17, 15) is 14.4 Å². The van der Waals surface area contributed by atoms with E-state index in [1.807, 2.05) is 0 Å². The first kappa shape index (κ1) is 19.9. The van der Waals surface area contributed by atoms with E-state index >= 15 is 0 Å². The SMILES string of the molecule is CC(=O)[C@H]1C=C[C@@H](c2nnn(-c3ccc(Cl)cc3)n2)n2c(=O)n(-c3ccccc3)c(=O)n21. The predicted octanol–water partition coefficient (Wildman–Crippen LogP) is 1.72. The van der Waals surface area contributed by atoms with Gasteiger partial charge in [0.2, 0.25) is 5.82 Å². The van der Waals surface area contributed by atoms with Crippen molar-refractivity contribution in [2.45, 2.75) is 19.0 Å². The van der Waals surface area contributed by atoms with Gasteiger partial charge in [0.05, 0.1) is 11.4 Å². The largest absolute Gasteiger partial charge is 0.352 e. The van der Waals surface area contributed by atoms with Crippen molar-refractivity contribution in [1.29, 1.82) is 0 Å². The number of hydrogen-bond acceptors (Lipinski definition) is 6. The predicted molar refractivity (Wildman–Crippen MR) is 115 cm³/mol. The summed E-state index contributed by atoms with van der Waals surface area (Å²) in [4.78, 5) is 40.1. The lowest BCUT2D eigenvalue weighted by atomic mass is 10.1. The van der Waals surface area contributed by atoms with Crippen molar-refractivity contribution in [1.82, 2.24) is 34.1 Å². The molecule has 1 aliphatic rings. The van der Waals surface area contributed by atoms with E-state index in [0.717, 1.165) is 9.25 Å². The molecule has 0 bridgehead atoms. The maximum absolute atomic E-state index is 13.4. The number of fused-ring (bicyclic) bond motifs is 1. The van der Waals surface area contributed by atoms with Gasteiger partial charge in [0, 0.05) is 5.02 Å². The zero-order chi connectivity index (χ0) is 22.4. The molecule has 0 saturated carbocycles. The minimum Gasteiger partial charge on any atom is -0.297 e. The van der Waals surface area contributed by atoms with Gasteiger partial charge >= 0.3 is 11.4 Å². The lowest BCUT2D eigenvalue weighted by Crippen LogP contribution is -2.38. The van der Waals surface area contributed by atoms with Gasteiger partial charge < -0.3 is 0 Å². The van der Waals surface area contributed by atoms with E-state index in [1.54, 1.807) is 66.7 Å². The third-order valence-corrected chi connectivity index (χ3v) is 5.44. The molecule has 2 aromatic carbocycles. The quantitative estimate of drug-likeness (QED) is 0.439. The number of hydrogen-bond donors (Lipinski definition) is 0. The molecule has 0 spiro atoms. The third kappa shape index (κ3) is 3.12. The van der Waals surface area contributed by atoms with Gasteiger partial charge in [-0.15, -0.1) is 15.0 Å². The van der Waals surface area contributed by atoms with Crippen molar-refractivity contribution in [3.8, 4) is 11.4 Å². The van der Waals surface area contributed by atoms with Crippen molar-refractivity contribution in [2.75, 3.05) is 0 Å². The number of benzene rings is 2. The Hall–Kier alpha value is -4.05. The van der Waals surface area contributed by atoms with Crippen LogP contribution in [0.2, 0.25) is 5.02 Å². The van der Waals surface area contributed by atoms with Gasteiger partial charge in [0.25, 0.3) is 0 Å². The molecule has 0 N–H and O–H groups in total. The maximum atomic E-state index is 13.4. The average Bonchev–Trinajstić information content (AvgIpc) is 3.38. The van der Waals surface area contributed by atoms with Crippen LogP contribution in [0.3, 0.4) is 0 Å². The topological polar surface area (TPSA) is 110 Å². The lowest BCUT2D eigenvalue weighted by molar-refractivity contribution is -0.119. The minimum atomic E-state index is -0.914. The molecule has 32 heavy (non-hydrogen) atoms. The van der Waals surface area contributed by atoms with E-state index in [4.69, 9.17) is 11.6 Å². The highest BCUT2D eigenvalue weighted by Crippen LogP contribution is 2.23. The number of halogens is 1. The van der Waals surface area contributed by atoms with E-state index in [1.165, 1.54) is 16.4 Å². The standard InChI is InChI=1S/C21H16ClN7O3/c1-13(30)17-11-12-18(19-23-25-29(24-19)16-9-7-14(22)8-10-16)28-21(32)26(20(31)27(17)28)15-5-3-2-4-6-15/h2-12,17-18H,1H3/t17-,18+/m1/s1. The van der Waals surface area contributed by atoms with Crippen LogP contribution in [0.25, 0.3) is 11.4 Å². The van der Waals surface area contributed by atoms with Gasteiger partial charge in [-0.3, -0.25) is 4.79 Å². The van der Waals surface area contributed by atoms with Gasteiger partial charge in [-0.2, -0.15) is 0 Å². The molecule has 1 aliphatic heterocycles. The number of tetrazole rings is 1. The maximum Gasteiger partial charge on any atom is 0.352 e. The number of nitrogens with zero attached hydrogens (tertiary/aromatic N) is 7. The molecule has 0 radical (unpaired) electrons. The molecule has 0 aliphatic carbocycles. The van der Waals surface area contributed by atoms with Crippen LogP contribution in [0, 0.1) is 0 Å². The van der Waals surface area contributed by atoms with Gasteiger partial charge in [-0.25, -0.2) is 23.5 Å². The fourth-order valence-corrected chi connectivity index (χ4v) is 3.81. The molecule has 0 saturated heterocycles. The summed E-state index contributed by atoms with van der Waals surface area (Å²) >= 11 is 5.93. The first-order chi connectivity index (χ1) is 15.5. The van der Waals surface area contributed by atoms with E-state index in [0.29, 0.717) is 16.4 Å². The molecular weight excluding hydrogens is 434 g/mol. The summed E-state index contributed by atoms with van der Waals surface area (Å²) in [6.45, 7) is 1.37. The first-order valence-electron chi connectivity index (χ1n) is 9.72. The Bertz CT molecular complexity index is 1460. The lowest BCUT2D eigenvalue weighted by Gasteiger charge is -2.23. The van der Waals surface area contributed by atoms with Crippen LogP contribution >= 0.6 is 11.6 Å². The number of para-hydroxylation sites is 1. The van der Waals surface area contributed by atoms with Gasteiger partial charge in [0.15, 0.2) is 5.78 Å². The Balaban J connectivity index is 1.67. The van der Waals surface area contributed by atoms with Crippen molar-refractivity contribution in [3.05, 3.63) is 98.6 Å². The second-order valence-corrected chi connectivity index (χ2v) is 7.66. The molecule has 4 aromatic rings. The molecule has 10 nitrogen and oxygen atoms in total. The number of ketones is 1.